The summed E-state index contributed by atoms with van der Waals surface area (Å²) < 4.78 is 1.24. The number of hydrogen-bond acceptors (Lipinski definition) is 0. The van der Waals surface area contributed by atoms with Crippen molar-refractivity contribution in [2.45, 2.75) is 12.8 Å². The molecule has 13 heavy (non-hydrogen) atoms. The number of benzene rings is 1. The van der Waals surface area contributed by atoms with Gasteiger partial charge in [-0.15, -0.1) is 0 Å². The maximum Gasteiger partial charge on any atom is 0.00300 e. The van der Waals surface area contributed by atoms with Crippen molar-refractivity contribution in [3.05, 3.63) is 42.0 Å². The topological polar surface area (TPSA) is 0 Å². The molecule has 2 rings (SSSR count). The minimum Gasteiger partial charge on any atom is -0.0952 e. The van der Waals surface area contributed by atoms with Gasteiger partial charge in [0.15, 0.2) is 0 Å². The lowest BCUT2D eigenvalue weighted by molar-refractivity contribution is 0.601. The summed E-state index contributed by atoms with van der Waals surface area (Å²) in [6.07, 6.45) is 2.41. The number of allylic oxidation sites excluding steroid dienone is 1. The van der Waals surface area contributed by atoms with E-state index in [0.717, 1.165) is 5.92 Å². The van der Waals surface area contributed by atoms with Gasteiger partial charge in [-0.3, -0.25) is 0 Å². The van der Waals surface area contributed by atoms with Crippen molar-refractivity contribution >= 4 is 28.2 Å². The van der Waals surface area contributed by atoms with Gasteiger partial charge in [0.2, 0.25) is 0 Å². The van der Waals surface area contributed by atoms with E-state index in [1.54, 1.807) is 0 Å². The maximum atomic E-state index is 4.15. The number of halogens is 1. The van der Waals surface area contributed by atoms with Gasteiger partial charge in [-0.1, -0.05) is 53.4 Å². The minimum atomic E-state index is 0.808. The zero-order chi connectivity index (χ0) is 9.26. The van der Waals surface area contributed by atoms with E-state index in [1.165, 1.54) is 34.0 Å². The Bertz CT molecular complexity index is 328. The third-order valence-electron chi connectivity index (χ3n) is 2.66. The molecule has 0 spiro atoms. The van der Waals surface area contributed by atoms with E-state index in [-0.39, 0.29) is 0 Å². The van der Waals surface area contributed by atoms with Crippen molar-refractivity contribution in [2.75, 3.05) is 4.43 Å². The average molecular weight is 284 g/mol. The van der Waals surface area contributed by atoms with Crippen molar-refractivity contribution in [1.29, 1.82) is 0 Å². The molecule has 1 aliphatic rings. The van der Waals surface area contributed by atoms with Crippen LogP contribution in [-0.4, -0.2) is 4.43 Å². The highest BCUT2D eigenvalue weighted by atomic mass is 127. The molecule has 0 saturated heterocycles. The van der Waals surface area contributed by atoms with Gasteiger partial charge in [-0.2, -0.15) is 0 Å². The Morgan fingerprint density at radius 3 is 2.85 bits per heavy atom. The summed E-state index contributed by atoms with van der Waals surface area (Å²) in [5.41, 5.74) is 4.20. The SMILES string of the molecule is C=C1CC(CI)Cc2ccccc21. The standard InChI is InChI=1S/C12H13I/c1-9-6-10(8-13)7-11-4-2-3-5-12(9)11/h2-5,10H,1,6-8H2. The van der Waals surface area contributed by atoms with Crippen molar-refractivity contribution in [3.8, 4) is 0 Å². The van der Waals surface area contributed by atoms with E-state index < -0.39 is 0 Å². The van der Waals surface area contributed by atoms with Gasteiger partial charge in [0.1, 0.15) is 0 Å². The molecular formula is C12H13I. The number of alkyl halides is 1. The molecule has 1 heteroatoms. The fraction of sp³-hybridized carbons (Fsp3) is 0.333. The van der Waals surface area contributed by atoms with Crippen LogP contribution in [-0.2, 0) is 6.42 Å². The lowest BCUT2D eigenvalue weighted by atomic mass is 9.82. The van der Waals surface area contributed by atoms with E-state index in [4.69, 9.17) is 0 Å². The molecule has 0 fully saturated rings. The quantitative estimate of drug-likeness (QED) is 0.545. The van der Waals surface area contributed by atoms with E-state index >= 15 is 0 Å². The van der Waals surface area contributed by atoms with Crippen LogP contribution in [0.1, 0.15) is 17.5 Å². The highest BCUT2D eigenvalue weighted by Crippen LogP contribution is 2.33. The number of fused-ring (bicyclic) bond motifs is 1. The van der Waals surface area contributed by atoms with Crippen LogP contribution in [0.4, 0.5) is 0 Å². The molecule has 1 aliphatic carbocycles. The van der Waals surface area contributed by atoms with Crippen molar-refractivity contribution in [2.24, 2.45) is 5.92 Å². The van der Waals surface area contributed by atoms with Crippen LogP contribution >= 0.6 is 22.6 Å². The summed E-state index contributed by atoms with van der Waals surface area (Å²) in [5, 5.41) is 0. The number of rotatable bonds is 1. The molecule has 0 N–H and O–H groups in total. The largest absolute Gasteiger partial charge is 0.0952 e. The van der Waals surface area contributed by atoms with E-state index in [1.807, 2.05) is 0 Å². The van der Waals surface area contributed by atoms with Crippen LogP contribution < -0.4 is 0 Å². The summed E-state index contributed by atoms with van der Waals surface area (Å²) in [7, 11) is 0. The first-order chi connectivity index (χ1) is 6.31. The summed E-state index contributed by atoms with van der Waals surface area (Å²) >= 11 is 2.47. The molecule has 0 bridgehead atoms. The molecule has 0 radical (unpaired) electrons. The monoisotopic (exact) mass is 284 g/mol. The second-order valence-electron chi connectivity index (χ2n) is 3.69. The predicted octanol–water partition coefficient (Wildman–Crippen LogP) is 3.70. The van der Waals surface area contributed by atoms with Gasteiger partial charge < -0.3 is 0 Å². The third kappa shape index (κ3) is 1.80. The Morgan fingerprint density at radius 1 is 1.31 bits per heavy atom. The van der Waals surface area contributed by atoms with Crippen LogP contribution in [0.25, 0.3) is 5.57 Å². The van der Waals surface area contributed by atoms with Gasteiger partial charge in [-0.25, -0.2) is 0 Å². The lowest BCUT2D eigenvalue weighted by Crippen LogP contribution is -2.13. The Labute approximate surface area is 93.2 Å². The molecule has 0 saturated carbocycles. The zero-order valence-electron chi connectivity index (χ0n) is 7.59. The van der Waals surface area contributed by atoms with Gasteiger partial charge in [0, 0.05) is 4.43 Å². The Hall–Kier alpha value is -0.310. The van der Waals surface area contributed by atoms with Crippen LogP contribution in [0.5, 0.6) is 0 Å². The van der Waals surface area contributed by atoms with Gasteiger partial charge in [-0.05, 0) is 35.5 Å². The summed E-state index contributed by atoms with van der Waals surface area (Å²) in [6.45, 7) is 4.15. The van der Waals surface area contributed by atoms with Crippen molar-refractivity contribution in [1.82, 2.24) is 0 Å². The highest BCUT2D eigenvalue weighted by molar-refractivity contribution is 14.1. The fourth-order valence-corrected chi connectivity index (χ4v) is 2.62. The van der Waals surface area contributed by atoms with Gasteiger partial charge in [0.25, 0.3) is 0 Å². The highest BCUT2D eigenvalue weighted by Gasteiger charge is 2.19. The summed E-state index contributed by atoms with van der Waals surface area (Å²) in [6, 6.07) is 8.66. The molecule has 68 valence electrons. The second kappa shape index (κ2) is 3.82. The minimum absolute atomic E-state index is 0.808. The van der Waals surface area contributed by atoms with Gasteiger partial charge >= 0.3 is 0 Å². The molecule has 0 amide bonds. The predicted molar refractivity (Wildman–Crippen MR) is 66.2 cm³/mol. The summed E-state index contributed by atoms with van der Waals surface area (Å²) in [4.78, 5) is 0. The molecule has 1 aromatic carbocycles. The first-order valence-corrected chi connectivity index (χ1v) is 6.16. The Morgan fingerprint density at radius 2 is 2.08 bits per heavy atom. The molecule has 0 nitrogen and oxygen atoms in total. The molecular weight excluding hydrogens is 271 g/mol. The Balaban J connectivity index is 2.37. The number of hydrogen-bond donors (Lipinski definition) is 0. The Kier molecular flexibility index (Phi) is 2.72. The molecule has 0 aliphatic heterocycles. The first-order valence-electron chi connectivity index (χ1n) is 4.63. The zero-order valence-corrected chi connectivity index (χ0v) is 9.75. The third-order valence-corrected chi connectivity index (χ3v) is 3.91. The van der Waals surface area contributed by atoms with Crippen molar-refractivity contribution in [3.63, 3.8) is 0 Å². The van der Waals surface area contributed by atoms with Gasteiger partial charge in [0.05, 0.1) is 0 Å². The molecule has 1 unspecified atom stereocenters. The lowest BCUT2D eigenvalue weighted by Gasteiger charge is -2.24. The molecule has 1 aromatic rings. The molecule has 0 aromatic heterocycles. The van der Waals surface area contributed by atoms with Crippen LogP contribution in [0.2, 0.25) is 0 Å². The van der Waals surface area contributed by atoms with E-state index in [2.05, 4.69) is 53.4 Å². The van der Waals surface area contributed by atoms with Crippen LogP contribution in [0.15, 0.2) is 30.8 Å². The normalized spacial score (nSPS) is 21.3. The second-order valence-corrected chi connectivity index (χ2v) is 4.57. The maximum absolute atomic E-state index is 4.15. The van der Waals surface area contributed by atoms with Crippen molar-refractivity contribution < 1.29 is 0 Å². The van der Waals surface area contributed by atoms with Crippen LogP contribution in [0, 0.1) is 5.92 Å². The molecule has 0 heterocycles. The van der Waals surface area contributed by atoms with E-state index in [9.17, 15) is 0 Å². The smallest absolute Gasteiger partial charge is 0.00300 e. The summed E-state index contributed by atoms with van der Waals surface area (Å²) in [5.74, 6) is 0.808. The molecule has 1 atom stereocenters. The van der Waals surface area contributed by atoms with Crippen LogP contribution in [0.3, 0.4) is 0 Å². The average Bonchev–Trinajstić information content (AvgIpc) is 2.18. The first kappa shape index (κ1) is 9.25. The van der Waals surface area contributed by atoms with E-state index in [0.29, 0.717) is 0 Å². The fourth-order valence-electron chi connectivity index (χ4n) is 1.99.